The van der Waals surface area contributed by atoms with Crippen molar-refractivity contribution in [2.75, 3.05) is 16.4 Å². The van der Waals surface area contributed by atoms with Crippen LogP contribution >= 0.6 is 35.0 Å². The molecule has 25 heavy (non-hydrogen) atoms. The standard InChI is InChI=1S/C18H18Cl2N2O2S/c1-11-9-13(19)7-8-15(11)21-17(23)10-25-12(2)18(24)22-16-6-4-3-5-14(16)20/h3-9,12H,10H2,1-2H3,(H,21,23)(H,22,24). The van der Waals surface area contributed by atoms with E-state index in [2.05, 4.69) is 10.6 Å². The van der Waals surface area contributed by atoms with Crippen molar-refractivity contribution in [3.8, 4) is 0 Å². The number of amides is 2. The number of aryl methyl sites for hydroxylation is 1. The van der Waals surface area contributed by atoms with Gasteiger partial charge in [0.25, 0.3) is 0 Å². The number of anilines is 2. The third-order valence-electron chi connectivity index (χ3n) is 3.43. The van der Waals surface area contributed by atoms with Crippen molar-refractivity contribution in [2.45, 2.75) is 19.1 Å². The number of halogens is 2. The van der Waals surface area contributed by atoms with Gasteiger partial charge >= 0.3 is 0 Å². The number of thioether (sulfide) groups is 1. The lowest BCUT2D eigenvalue weighted by atomic mass is 10.2. The fourth-order valence-corrected chi connectivity index (χ4v) is 3.12. The molecule has 2 N–H and O–H groups in total. The molecule has 0 heterocycles. The average molecular weight is 397 g/mol. The van der Waals surface area contributed by atoms with Crippen LogP contribution in [0.3, 0.4) is 0 Å². The molecule has 0 aliphatic heterocycles. The summed E-state index contributed by atoms with van der Waals surface area (Å²) in [5, 5.41) is 6.28. The van der Waals surface area contributed by atoms with Gasteiger partial charge in [0.15, 0.2) is 0 Å². The van der Waals surface area contributed by atoms with Gasteiger partial charge in [-0.1, -0.05) is 35.3 Å². The molecule has 0 aliphatic rings. The van der Waals surface area contributed by atoms with E-state index in [1.54, 1.807) is 49.4 Å². The van der Waals surface area contributed by atoms with Gasteiger partial charge in [-0.2, -0.15) is 0 Å². The third-order valence-corrected chi connectivity index (χ3v) is 5.14. The van der Waals surface area contributed by atoms with Crippen molar-refractivity contribution < 1.29 is 9.59 Å². The van der Waals surface area contributed by atoms with Gasteiger partial charge in [0.1, 0.15) is 0 Å². The molecule has 2 aromatic carbocycles. The predicted molar refractivity (Wildman–Crippen MR) is 107 cm³/mol. The van der Waals surface area contributed by atoms with E-state index >= 15 is 0 Å². The SMILES string of the molecule is Cc1cc(Cl)ccc1NC(=O)CSC(C)C(=O)Nc1ccccc1Cl. The Hall–Kier alpha value is -1.69. The van der Waals surface area contributed by atoms with Crippen molar-refractivity contribution in [2.24, 2.45) is 0 Å². The molecule has 0 aromatic heterocycles. The lowest BCUT2D eigenvalue weighted by Gasteiger charge is -2.13. The molecule has 2 amide bonds. The predicted octanol–water partition coefficient (Wildman–Crippen LogP) is 5.00. The summed E-state index contributed by atoms with van der Waals surface area (Å²) in [6, 6.07) is 12.3. The summed E-state index contributed by atoms with van der Waals surface area (Å²) >= 11 is 13.2. The zero-order valence-corrected chi connectivity index (χ0v) is 16.1. The molecule has 0 saturated heterocycles. The summed E-state index contributed by atoms with van der Waals surface area (Å²) in [5.74, 6) is -0.208. The number of carbonyl (C=O) groups excluding carboxylic acids is 2. The smallest absolute Gasteiger partial charge is 0.237 e. The Labute approximate surface area is 161 Å². The minimum atomic E-state index is -0.395. The van der Waals surface area contributed by atoms with Crippen molar-refractivity contribution in [1.29, 1.82) is 0 Å². The van der Waals surface area contributed by atoms with Crippen molar-refractivity contribution in [1.82, 2.24) is 0 Å². The maximum absolute atomic E-state index is 12.2. The first kappa shape index (κ1) is 19.6. The molecule has 4 nitrogen and oxygen atoms in total. The highest BCUT2D eigenvalue weighted by molar-refractivity contribution is 8.01. The minimum absolute atomic E-state index is 0.166. The number of nitrogens with one attached hydrogen (secondary N) is 2. The highest BCUT2D eigenvalue weighted by Crippen LogP contribution is 2.23. The summed E-state index contributed by atoms with van der Waals surface area (Å²) in [6.45, 7) is 3.62. The Kier molecular flexibility index (Phi) is 7.17. The molecule has 0 spiro atoms. The highest BCUT2D eigenvalue weighted by Gasteiger charge is 2.16. The van der Waals surface area contributed by atoms with Crippen LogP contribution in [0.25, 0.3) is 0 Å². The highest BCUT2D eigenvalue weighted by atomic mass is 35.5. The third kappa shape index (κ3) is 5.96. The summed E-state index contributed by atoms with van der Waals surface area (Å²) in [4.78, 5) is 24.3. The summed E-state index contributed by atoms with van der Waals surface area (Å²) < 4.78 is 0. The normalized spacial score (nSPS) is 11.7. The lowest BCUT2D eigenvalue weighted by Crippen LogP contribution is -2.25. The fourth-order valence-electron chi connectivity index (χ4n) is 2.03. The first-order chi connectivity index (χ1) is 11.9. The molecular weight excluding hydrogens is 379 g/mol. The van der Waals surface area contributed by atoms with Crippen LogP contribution in [0.15, 0.2) is 42.5 Å². The Morgan fingerprint density at radius 1 is 1.08 bits per heavy atom. The number of para-hydroxylation sites is 1. The van der Waals surface area contributed by atoms with Crippen LogP contribution in [0.4, 0.5) is 11.4 Å². The van der Waals surface area contributed by atoms with Gasteiger partial charge in [-0.15, -0.1) is 11.8 Å². The number of hydrogen-bond acceptors (Lipinski definition) is 3. The Morgan fingerprint density at radius 3 is 2.48 bits per heavy atom. The minimum Gasteiger partial charge on any atom is -0.325 e. The van der Waals surface area contributed by atoms with Crippen molar-refractivity contribution in [3.05, 3.63) is 58.1 Å². The van der Waals surface area contributed by atoms with Crippen LogP contribution < -0.4 is 10.6 Å². The van der Waals surface area contributed by atoms with Crippen molar-refractivity contribution >= 4 is 58.2 Å². The zero-order valence-electron chi connectivity index (χ0n) is 13.8. The fraction of sp³-hybridized carbons (Fsp3) is 0.222. The molecular formula is C18H18Cl2N2O2S. The molecule has 0 fully saturated rings. The molecule has 0 aliphatic carbocycles. The average Bonchev–Trinajstić information content (AvgIpc) is 2.57. The first-order valence-corrected chi connectivity index (χ1v) is 9.40. The molecule has 7 heteroatoms. The molecule has 1 unspecified atom stereocenters. The van der Waals surface area contributed by atoms with Gasteiger partial charge in [-0.25, -0.2) is 0 Å². The molecule has 2 aromatic rings. The topological polar surface area (TPSA) is 58.2 Å². The second-order valence-electron chi connectivity index (χ2n) is 5.43. The van der Waals surface area contributed by atoms with Gasteiger partial charge in [0.2, 0.25) is 11.8 Å². The second-order valence-corrected chi connectivity index (χ2v) is 7.60. The number of benzene rings is 2. The number of carbonyl (C=O) groups is 2. The van der Waals surface area contributed by atoms with Crippen LogP contribution in [-0.2, 0) is 9.59 Å². The molecule has 0 bridgehead atoms. The summed E-state index contributed by atoms with van der Waals surface area (Å²) in [6.07, 6.45) is 0. The van der Waals surface area contributed by atoms with Crippen LogP contribution in [-0.4, -0.2) is 22.8 Å². The Morgan fingerprint density at radius 2 is 1.80 bits per heavy atom. The summed E-state index contributed by atoms with van der Waals surface area (Å²) in [7, 11) is 0. The van der Waals surface area contributed by atoms with Gasteiger partial charge in [0, 0.05) is 10.7 Å². The molecule has 132 valence electrons. The van der Waals surface area contributed by atoms with E-state index in [-0.39, 0.29) is 17.6 Å². The molecule has 1 atom stereocenters. The molecule has 0 radical (unpaired) electrons. The maximum Gasteiger partial charge on any atom is 0.237 e. The van der Waals surface area contributed by atoms with Gasteiger partial charge in [-0.05, 0) is 49.7 Å². The van der Waals surface area contributed by atoms with E-state index in [0.717, 1.165) is 5.56 Å². The van der Waals surface area contributed by atoms with E-state index in [0.29, 0.717) is 21.4 Å². The van der Waals surface area contributed by atoms with Crippen LogP contribution in [0.1, 0.15) is 12.5 Å². The van der Waals surface area contributed by atoms with Crippen LogP contribution in [0.5, 0.6) is 0 Å². The molecule has 2 rings (SSSR count). The lowest BCUT2D eigenvalue weighted by molar-refractivity contribution is -0.115. The maximum atomic E-state index is 12.2. The van der Waals surface area contributed by atoms with Gasteiger partial charge in [0.05, 0.1) is 21.7 Å². The van der Waals surface area contributed by atoms with Crippen LogP contribution in [0, 0.1) is 6.92 Å². The zero-order chi connectivity index (χ0) is 18.4. The number of rotatable bonds is 6. The van der Waals surface area contributed by atoms with Crippen LogP contribution in [0.2, 0.25) is 10.0 Å². The Balaban J connectivity index is 1.84. The van der Waals surface area contributed by atoms with Gasteiger partial charge in [-0.3, -0.25) is 9.59 Å². The second kappa shape index (κ2) is 9.13. The number of hydrogen-bond donors (Lipinski definition) is 2. The monoisotopic (exact) mass is 396 g/mol. The van der Waals surface area contributed by atoms with Crippen molar-refractivity contribution in [3.63, 3.8) is 0 Å². The van der Waals surface area contributed by atoms with E-state index in [9.17, 15) is 9.59 Å². The largest absolute Gasteiger partial charge is 0.325 e. The first-order valence-electron chi connectivity index (χ1n) is 7.60. The summed E-state index contributed by atoms with van der Waals surface area (Å²) in [5.41, 5.74) is 2.15. The molecule has 0 saturated carbocycles. The quantitative estimate of drug-likeness (QED) is 0.721. The van der Waals surface area contributed by atoms with E-state index < -0.39 is 5.25 Å². The van der Waals surface area contributed by atoms with Gasteiger partial charge < -0.3 is 10.6 Å². The van der Waals surface area contributed by atoms with E-state index in [1.165, 1.54) is 11.8 Å². The Bertz CT molecular complexity index is 783. The van der Waals surface area contributed by atoms with E-state index in [4.69, 9.17) is 23.2 Å². The van der Waals surface area contributed by atoms with E-state index in [1.807, 2.05) is 6.92 Å².